The lowest BCUT2D eigenvalue weighted by atomic mass is 10.2. The van der Waals surface area contributed by atoms with Gasteiger partial charge in [-0.1, -0.05) is 11.6 Å². The minimum absolute atomic E-state index is 1.38. The molecule has 0 saturated heterocycles. The van der Waals surface area contributed by atoms with E-state index in [-0.39, 0.29) is 0 Å². The fourth-order valence-electron chi connectivity index (χ4n) is 1.26. The van der Waals surface area contributed by atoms with Crippen molar-refractivity contribution < 1.29 is 103 Å². The van der Waals surface area contributed by atoms with Gasteiger partial charge in [0.2, 0.25) is 0 Å². The molecule has 0 aliphatic rings. The first-order valence-corrected chi connectivity index (χ1v) is 7.12. The molecule has 204 valence electrons. The zero-order valence-electron chi connectivity index (χ0n) is 14.3. The monoisotopic (exact) mass is 578 g/mol. The van der Waals surface area contributed by atoms with Crippen molar-refractivity contribution in [1.82, 2.24) is 0 Å². The third-order valence-corrected chi connectivity index (χ3v) is 3.27. The number of hydrogen-bond acceptors (Lipinski definition) is 4. The van der Waals surface area contributed by atoms with Crippen LogP contribution >= 0.6 is 11.6 Å². The van der Waals surface area contributed by atoms with Crippen molar-refractivity contribution in [2.75, 3.05) is 0 Å². The lowest BCUT2D eigenvalue weighted by Gasteiger charge is -2.40. The van der Waals surface area contributed by atoms with E-state index in [1.54, 1.807) is 4.74 Å². The van der Waals surface area contributed by atoms with Gasteiger partial charge in [0.1, 0.15) is 0 Å². The van der Waals surface area contributed by atoms with Crippen LogP contribution in [-0.4, -0.2) is 65.0 Å². The van der Waals surface area contributed by atoms with E-state index in [0.717, 1.165) is 0 Å². The second-order valence-electron chi connectivity index (χ2n) is 5.36. The van der Waals surface area contributed by atoms with Crippen LogP contribution in [0.2, 0.25) is 0 Å². The van der Waals surface area contributed by atoms with Crippen LogP contribution in [-0.2, 0) is 19.0 Å². The number of alkyl halides is 19. The second-order valence-corrected chi connectivity index (χ2v) is 5.88. The predicted molar refractivity (Wildman–Crippen MR) is 61.3 cm³/mol. The van der Waals surface area contributed by atoms with Crippen molar-refractivity contribution in [3.05, 3.63) is 0 Å². The number of carboxylic acid groups (broad SMARTS) is 1. The average molecular weight is 579 g/mol. The molecule has 1 N–H and O–H groups in total. The van der Waals surface area contributed by atoms with Crippen molar-refractivity contribution in [1.29, 1.82) is 0 Å². The predicted octanol–water partition coefficient (Wildman–Crippen LogP) is 5.78. The van der Waals surface area contributed by atoms with Crippen molar-refractivity contribution >= 4 is 17.6 Å². The van der Waals surface area contributed by atoms with Crippen molar-refractivity contribution in [2.45, 2.75) is 53.9 Å². The van der Waals surface area contributed by atoms with Crippen molar-refractivity contribution in [3.63, 3.8) is 0 Å². The van der Waals surface area contributed by atoms with Gasteiger partial charge >= 0.3 is 59.8 Å². The summed E-state index contributed by atoms with van der Waals surface area (Å²) in [4.78, 5) is 9.95. The minimum Gasteiger partial charge on any atom is -0.475 e. The second kappa shape index (κ2) is 8.50. The highest BCUT2D eigenvalue weighted by Crippen LogP contribution is 2.56. The number of hydrogen-bond donors (Lipinski definition) is 1. The Labute approximate surface area is 176 Å². The van der Waals surface area contributed by atoms with Gasteiger partial charge in [-0.2, -0.15) is 74.6 Å². The molecule has 3 atom stereocenters. The first-order chi connectivity index (χ1) is 14.3. The molecule has 0 aromatic heterocycles. The molecule has 0 aromatic rings. The fraction of sp³-hybridized carbons (Fsp3) is 0.900. The molecule has 0 fully saturated rings. The van der Waals surface area contributed by atoms with Crippen LogP contribution in [0.5, 0.6) is 0 Å². The third-order valence-electron chi connectivity index (χ3n) is 2.84. The summed E-state index contributed by atoms with van der Waals surface area (Å²) < 4.78 is 235. The Morgan fingerprint density at radius 3 is 1.18 bits per heavy atom. The average Bonchev–Trinajstić information content (AvgIpc) is 2.49. The number of carbonyl (C=O) groups is 1. The largest absolute Gasteiger partial charge is 0.478 e. The molecule has 0 radical (unpaired) electrons. The highest BCUT2D eigenvalue weighted by molar-refractivity contribution is 6.24. The van der Waals surface area contributed by atoms with Gasteiger partial charge in [0.05, 0.1) is 0 Å². The number of ether oxygens (including phenoxy) is 3. The number of aliphatic carboxylic acids is 1. The molecule has 0 aliphatic carbocycles. The Hall–Kier alpha value is -1.62. The zero-order valence-corrected chi connectivity index (χ0v) is 15.0. The summed E-state index contributed by atoms with van der Waals surface area (Å²) >= 11 is 3.53. The molecule has 0 heterocycles. The van der Waals surface area contributed by atoms with Crippen LogP contribution < -0.4 is 0 Å². The first kappa shape index (κ1) is 32.4. The van der Waals surface area contributed by atoms with E-state index in [0.29, 0.717) is 0 Å². The van der Waals surface area contributed by atoms with Crippen LogP contribution in [0.3, 0.4) is 0 Å². The highest BCUT2D eigenvalue weighted by Gasteiger charge is 2.83. The van der Waals surface area contributed by atoms with E-state index < -0.39 is 59.8 Å². The SMILES string of the molecule is O=C(O)C(F)(F)OC(F)(C(F)(F)F)C(F)(F)OC(F)(OC(F)(F)C(F)(Cl)C(F)(F)F)C(F)(F)F. The van der Waals surface area contributed by atoms with Gasteiger partial charge in [0.25, 0.3) is 0 Å². The summed E-state index contributed by atoms with van der Waals surface area (Å²) in [7, 11) is 0. The molecule has 24 heteroatoms. The molecule has 0 bridgehead atoms. The Morgan fingerprint density at radius 2 is 0.912 bits per heavy atom. The van der Waals surface area contributed by atoms with E-state index in [4.69, 9.17) is 5.11 Å². The summed E-state index contributed by atoms with van der Waals surface area (Å²) in [6, 6.07) is -7.82. The van der Waals surface area contributed by atoms with Gasteiger partial charge in [-0.15, -0.1) is 0 Å². The summed E-state index contributed by atoms with van der Waals surface area (Å²) in [6.45, 7) is 0. The smallest absolute Gasteiger partial charge is 0.475 e. The zero-order chi connectivity index (χ0) is 28.2. The normalized spacial score (nSPS) is 20.3. The maximum absolute atomic E-state index is 13.7. The van der Waals surface area contributed by atoms with Crippen LogP contribution in [0.1, 0.15) is 0 Å². The molecule has 0 saturated carbocycles. The Bertz CT molecular complexity index is 758. The quantitative estimate of drug-likeness (QED) is 0.214. The van der Waals surface area contributed by atoms with E-state index in [1.807, 2.05) is 0 Å². The Balaban J connectivity index is 6.76. The topological polar surface area (TPSA) is 65.0 Å². The van der Waals surface area contributed by atoms with E-state index >= 15 is 0 Å². The molecule has 34 heavy (non-hydrogen) atoms. The van der Waals surface area contributed by atoms with E-state index in [1.165, 1.54) is 9.47 Å². The fourth-order valence-corrected chi connectivity index (χ4v) is 1.30. The van der Waals surface area contributed by atoms with Crippen molar-refractivity contribution in [2.24, 2.45) is 0 Å². The van der Waals surface area contributed by atoms with Crippen LogP contribution in [0.25, 0.3) is 0 Å². The Kier molecular flexibility index (Phi) is 8.09. The number of halogens is 19. The minimum atomic E-state index is -8.06. The molecular formula is C10HClF18O5. The molecule has 0 rings (SSSR count). The number of rotatable bonds is 9. The van der Waals surface area contributed by atoms with Gasteiger partial charge < -0.3 is 5.11 Å². The molecule has 0 amide bonds. The molecule has 3 unspecified atom stereocenters. The summed E-state index contributed by atoms with van der Waals surface area (Å²) in [5.41, 5.74) is 0. The van der Waals surface area contributed by atoms with E-state index in [2.05, 4.69) is 11.6 Å². The number of carboxylic acids is 1. The summed E-state index contributed by atoms with van der Waals surface area (Å²) in [6.07, 6.45) is -45.3. The first-order valence-electron chi connectivity index (χ1n) is 6.74. The maximum Gasteiger partial charge on any atom is 0.478 e. The maximum atomic E-state index is 13.7. The van der Waals surface area contributed by atoms with Crippen molar-refractivity contribution in [3.8, 4) is 0 Å². The molecule has 0 aromatic carbocycles. The van der Waals surface area contributed by atoms with E-state index in [9.17, 15) is 83.8 Å². The molecule has 0 aliphatic heterocycles. The van der Waals surface area contributed by atoms with Gasteiger partial charge in [-0.3, -0.25) is 4.74 Å². The highest BCUT2D eigenvalue weighted by atomic mass is 35.5. The standard InChI is InChI=1S/C10HClF18O5/c11-3(14,5(16,17)18)8(25,26)33-10(29,7(22,23)24)34-9(27,28)4(15,6(19,20)21)32-2(12,13)1(30)31/h(H,30,31). The Morgan fingerprint density at radius 1 is 0.559 bits per heavy atom. The van der Waals surface area contributed by atoms with Crippen LogP contribution in [0, 0.1) is 0 Å². The van der Waals surface area contributed by atoms with Gasteiger partial charge in [-0.25, -0.2) is 18.7 Å². The van der Waals surface area contributed by atoms with Gasteiger partial charge in [0.15, 0.2) is 0 Å². The lowest BCUT2D eigenvalue weighted by molar-refractivity contribution is -0.581. The third kappa shape index (κ3) is 5.78. The lowest BCUT2D eigenvalue weighted by Crippen LogP contribution is -2.67. The molecule has 5 nitrogen and oxygen atoms in total. The summed E-state index contributed by atoms with van der Waals surface area (Å²) in [5, 5.41) is 0.814. The van der Waals surface area contributed by atoms with Crippen LogP contribution in [0.4, 0.5) is 79.0 Å². The summed E-state index contributed by atoms with van der Waals surface area (Å²) in [5.74, 6) is -11.9. The van der Waals surface area contributed by atoms with Crippen LogP contribution in [0.15, 0.2) is 0 Å². The molecular weight excluding hydrogens is 578 g/mol. The molecule has 0 spiro atoms. The van der Waals surface area contributed by atoms with Gasteiger partial charge in [0, 0.05) is 0 Å². The van der Waals surface area contributed by atoms with Gasteiger partial charge in [-0.05, 0) is 0 Å².